The summed E-state index contributed by atoms with van der Waals surface area (Å²) in [5.74, 6) is 0.822. The Balaban J connectivity index is 1.49. The second-order valence-electron chi connectivity index (χ2n) is 6.55. The number of nitrogens with zero attached hydrogens (tertiary/aromatic N) is 3. The van der Waals surface area contributed by atoms with Crippen LogP contribution in [0.25, 0.3) is 0 Å². The van der Waals surface area contributed by atoms with Gasteiger partial charge in [-0.3, -0.25) is 4.79 Å². The number of carbonyl (C=O) groups is 1. The minimum atomic E-state index is -0.0457. The molecule has 1 aromatic carbocycles. The maximum atomic E-state index is 12.7. The highest BCUT2D eigenvalue weighted by Crippen LogP contribution is 2.42. The second kappa shape index (κ2) is 6.02. The number of carbonyl (C=O) groups excluding carboxylic acids is 1. The first kappa shape index (κ1) is 14.8. The van der Waals surface area contributed by atoms with Gasteiger partial charge in [-0.2, -0.15) is 0 Å². The van der Waals surface area contributed by atoms with Crippen LogP contribution in [0.2, 0.25) is 0 Å². The van der Waals surface area contributed by atoms with Gasteiger partial charge in [0.1, 0.15) is 5.01 Å². The van der Waals surface area contributed by atoms with E-state index in [9.17, 15) is 4.79 Å². The lowest BCUT2D eigenvalue weighted by Gasteiger charge is -2.17. The van der Waals surface area contributed by atoms with Gasteiger partial charge >= 0.3 is 0 Å². The van der Waals surface area contributed by atoms with E-state index in [1.54, 1.807) is 0 Å². The van der Waals surface area contributed by atoms with Crippen molar-refractivity contribution in [3.8, 4) is 0 Å². The first-order valence-electron chi connectivity index (χ1n) is 8.08. The predicted molar refractivity (Wildman–Crippen MR) is 90.7 cm³/mol. The minimum Gasteiger partial charge on any atom is -0.305 e. The van der Waals surface area contributed by atoms with Crippen LogP contribution >= 0.6 is 11.3 Å². The van der Waals surface area contributed by atoms with E-state index in [0.717, 1.165) is 18.1 Å². The molecule has 1 aliphatic heterocycles. The normalized spacial score (nSPS) is 24.7. The van der Waals surface area contributed by atoms with Crippen LogP contribution in [0.1, 0.15) is 35.2 Å². The van der Waals surface area contributed by atoms with Crippen molar-refractivity contribution < 1.29 is 4.79 Å². The van der Waals surface area contributed by atoms with Crippen LogP contribution in [0.3, 0.4) is 0 Å². The second-order valence-corrected chi connectivity index (χ2v) is 7.56. The van der Waals surface area contributed by atoms with Gasteiger partial charge in [0.2, 0.25) is 11.0 Å². The number of benzene rings is 1. The zero-order valence-corrected chi connectivity index (χ0v) is 13.9. The molecule has 1 saturated carbocycles. The number of rotatable bonds is 4. The quantitative estimate of drug-likeness (QED) is 0.937. The Morgan fingerprint density at radius 1 is 1.22 bits per heavy atom. The van der Waals surface area contributed by atoms with Crippen LogP contribution in [0.15, 0.2) is 30.3 Å². The van der Waals surface area contributed by atoms with Gasteiger partial charge in [0.15, 0.2) is 0 Å². The van der Waals surface area contributed by atoms with E-state index in [1.165, 1.54) is 29.7 Å². The molecular formula is C17H20N4OS. The van der Waals surface area contributed by atoms with Crippen molar-refractivity contribution in [2.45, 2.75) is 24.7 Å². The fraction of sp³-hybridized carbons (Fsp3) is 0.471. The minimum absolute atomic E-state index is 0.0457. The summed E-state index contributed by atoms with van der Waals surface area (Å²) >= 11 is 1.52. The van der Waals surface area contributed by atoms with E-state index in [4.69, 9.17) is 0 Å². The molecular weight excluding hydrogens is 308 g/mol. The van der Waals surface area contributed by atoms with E-state index < -0.39 is 0 Å². The molecule has 2 fully saturated rings. The summed E-state index contributed by atoms with van der Waals surface area (Å²) in [4.78, 5) is 15.0. The van der Waals surface area contributed by atoms with Gasteiger partial charge in [0, 0.05) is 24.9 Å². The maximum Gasteiger partial charge on any atom is 0.231 e. The largest absolute Gasteiger partial charge is 0.305 e. The molecule has 5 nitrogen and oxygen atoms in total. The molecule has 1 amide bonds. The third-order valence-electron chi connectivity index (χ3n) is 4.66. The lowest BCUT2D eigenvalue weighted by Crippen LogP contribution is -2.28. The van der Waals surface area contributed by atoms with E-state index in [0.29, 0.717) is 11.0 Å². The van der Waals surface area contributed by atoms with Crippen LogP contribution < -0.4 is 5.32 Å². The molecule has 1 aromatic heterocycles. The van der Waals surface area contributed by atoms with Crippen LogP contribution in [0.5, 0.6) is 0 Å². The van der Waals surface area contributed by atoms with Crippen molar-refractivity contribution in [3.05, 3.63) is 40.9 Å². The Morgan fingerprint density at radius 2 is 2.00 bits per heavy atom. The average Bonchev–Trinajstić information content (AvgIpc) is 3.18. The first-order chi connectivity index (χ1) is 11.2. The van der Waals surface area contributed by atoms with Crippen LogP contribution in [0.4, 0.5) is 5.13 Å². The van der Waals surface area contributed by atoms with Crippen molar-refractivity contribution in [1.82, 2.24) is 15.1 Å². The van der Waals surface area contributed by atoms with E-state index in [-0.39, 0.29) is 17.7 Å². The number of aromatic nitrogens is 2. The Bertz CT molecular complexity index is 698. The van der Waals surface area contributed by atoms with Crippen molar-refractivity contribution in [2.24, 2.45) is 5.92 Å². The number of nitrogens with one attached hydrogen (secondary N) is 1. The fourth-order valence-electron chi connectivity index (χ4n) is 3.28. The van der Waals surface area contributed by atoms with Gasteiger partial charge in [0.25, 0.3) is 0 Å². The van der Waals surface area contributed by atoms with Gasteiger partial charge in [-0.25, -0.2) is 0 Å². The molecule has 1 aliphatic carbocycles. The molecule has 1 saturated heterocycles. The van der Waals surface area contributed by atoms with Crippen LogP contribution in [-0.4, -0.2) is 41.1 Å². The number of likely N-dealkylation sites (tertiary alicyclic amines) is 1. The number of amides is 1. The van der Waals surface area contributed by atoms with Crippen molar-refractivity contribution in [1.29, 1.82) is 0 Å². The zero-order valence-electron chi connectivity index (χ0n) is 13.1. The van der Waals surface area contributed by atoms with Crippen LogP contribution in [-0.2, 0) is 4.79 Å². The zero-order chi connectivity index (χ0) is 15.8. The molecule has 2 heterocycles. The summed E-state index contributed by atoms with van der Waals surface area (Å²) in [5.41, 5.74) is 1.23. The van der Waals surface area contributed by atoms with Crippen LogP contribution in [0, 0.1) is 5.92 Å². The fourth-order valence-corrected chi connectivity index (χ4v) is 4.20. The highest BCUT2D eigenvalue weighted by molar-refractivity contribution is 7.15. The van der Waals surface area contributed by atoms with E-state index >= 15 is 0 Å². The summed E-state index contributed by atoms with van der Waals surface area (Å²) in [5, 5.41) is 13.0. The Morgan fingerprint density at radius 3 is 2.74 bits per heavy atom. The molecule has 23 heavy (non-hydrogen) atoms. The number of hydrogen-bond donors (Lipinski definition) is 1. The standard InChI is InChI=1S/C17H20N4OS/c1-21-9-13(11-5-3-2-4-6-11)14(10-21)15(22)18-17-20-19-16(23-17)12-7-8-12/h2-6,12-14H,7-10H2,1H3,(H,18,20,22)/t13-,14-/m0/s1. The topological polar surface area (TPSA) is 58.1 Å². The van der Waals surface area contributed by atoms with Gasteiger partial charge in [-0.05, 0) is 25.5 Å². The monoisotopic (exact) mass is 328 g/mol. The number of anilines is 1. The molecule has 2 aliphatic rings. The maximum absolute atomic E-state index is 12.7. The highest BCUT2D eigenvalue weighted by Gasteiger charge is 2.37. The van der Waals surface area contributed by atoms with Gasteiger partial charge in [-0.1, -0.05) is 41.7 Å². The highest BCUT2D eigenvalue weighted by atomic mass is 32.1. The van der Waals surface area contributed by atoms with Gasteiger partial charge < -0.3 is 10.2 Å². The molecule has 4 rings (SSSR count). The molecule has 6 heteroatoms. The van der Waals surface area contributed by atoms with Crippen molar-refractivity contribution >= 4 is 22.4 Å². The van der Waals surface area contributed by atoms with Crippen molar-refractivity contribution in [2.75, 3.05) is 25.5 Å². The smallest absolute Gasteiger partial charge is 0.231 e. The molecule has 0 unspecified atom stereocenters. The summed E-state index contributed by atoms with van der Waals surface area (Å²) in [6, 6.07) is 10.3. The third kappa shape index (κ3) is 3.14. The SMILES string of the molecule is CN1C[C@H](C(=O)Nc2nnc(C3CC3)s2)[C@H](c2ccccc2)C1. The number of likely N-dealkylation sites (N-methyl/N-ethyl adjacent to an activating group) is 1. The van der Waals surface area contributed by atoms with Crippen molar-refractivity contribution in [3.63, 3.8) is 0 Å². The Labute approximate surface area is 139 Å². The molecule has 2 aromatic rings. The summed E-state index contributed by atoms with van der Waals surface area (Å²) < 4.78 is 0. The first-order valence-corrected chi connectivity index (χ1v) is 8.90. The van der Waals surface area contributed by atoms with E-state index in [1.807, 2.05) is 18.2 Å². The average molecular weight is 328 g/mol. The summed E-state index contributed by atoms with van der Waals surface area (Å²) in [6.07, 6.45) is 2.40. The molecule has 1 N–H and O–H groups in total. The molecule has 0 radical (unpaired) electrons. The Hall–Kier alpha value is -1.79. The van der Waals surface area contributed by atoms with Gasteiger partial charge in [0.05, 0.1) is 5.92 Å². The summed E-state index contributed by atoms with van der Waals surface area (Å²) in [6.45, 7) is 1.69. The molecule has 0 bridgehead atoms. The Kier molecular flexibility index (Phi) is 3.87. The third-order valence-corrected chi connectivity index (χ3v) is 5.67. The lowest BCUT2D eigenvalue weighted by molar-refractivity contribution is -0.119. The molecule has 0 spiro atoms. The molecule has 120 valence electrons. The molecule has 2 atom stereocenters. The van der Waals surface area contributed by atoms with Gasteiger partial charge in [-0.15, -0.1) is 10.2 Å². The predicted octanol–water partition coefficient (Wildman–Crippen LogP) is 2.70. The number of hydrogen-bond acceptors (Lipinski definition) is 5. The lowest BCUT2D eigenvalue weighted by atomic mass is 9.88. The van der Waals surface area contributed by atoms with E-state index in [2.05, 4.69) is 39.6 Å². The summed E-state index contributed by atoms with van der Waals surface area (Å²) in [7, 11) is 2.07.